The zero-order valence-corrected chi connectivity index (χ0v) is 9.87. The lowest BCUT2D eigenvalue weighted by atomic mass is 10.2. The van der Waals surface area contributed by atoms with Gasteiger partial charge in [0.1, 0.15) is 0 Å². The molecule has 2 heterocycles. The van der Waals surface area contributed by atoms with Crippen molar-refractivity contribution < 1.29 is 0 Å². The van der Waals surface area contributed by atoms with Crippen molar-refractivity contribution in [2.24, 2.45) is 0 Å². The molecule has 0 aliphatic carbocycles. The van der Waals surface area contributed by atoms with E-state index in [4.69, 9.17) is 11.6 Å². The molecule has 0 bridgehead atoms. The van der Waals surface area contributed by atoms with Gasteiger partial charge in [-0.25, -0.2) is 0 Å². The molecule has 2 nitrogen and oxygen atoms in total. The van der Waals surface area contributed by atoms with Gasteiger partial charge in [-0.1, -0.05) is 11.6 Å². The minimum Gasteiger partial charge on any atom is -0.314 e. The Kier molecular flexibility index (Phi) is 3.44. The molecule has 0 radical (unpaired) electrons. The molecule has 0 amide bonds. The second kappa shape index (κ2) is 4.62. The van der Waals surface area contributed by atoms with E-state index < -0.39 is 0 Å². The Labute approximate surface area is 93.9 Å². The van der Waals surface area contributed by atoms with E-state index in [2.05, 4.69) is 28.6 Å². The van der Waals surface area contributed by atoms with E-state index in [9.17, 15) is 0 Å². The summed E-state index contributed by atoms with van der Waals surface area (Å²) in [6.45, 7) is 6.63. The Morgan fingerprint density at radius 3 is 3.21 bits per heavy atom. The van der Waals surface area contributed by atoms with Crippen LogP contribution in [0.4, 0.5) is 0 Å². The predicted octanol–water partition coefficient (Wildman–Crippen LogP) is 2.20. The highest BCUT2D eigenvalue weighted by atomic mass is 35.5. The number of nitrogens with zero attached hydrogens (tertiary/aromatic N) is 1. The predicted molar refractivity (Wildman–Crippen MR) is 62.1 cm³/mol. The molecule has 4 heteroatoms. The summed E-state index contributed by atoms with van der Waals surface area (Å²) in [5.41, 5.74) is 1.34. The molecule has 1 N–H and O–H groups in total. The first kappa shape index (κ1) is 10.4. The van der Waals surface area contributed by atoms with Gasteiger partial charge in [-0.05, 0) is 23.9 Å². The lowest BCUT2D eigenvalue weighted by Crippen LogP contribution is -2.49. The Morgan fingerprint density at radius 2 is 2.57 bits per heavy atom. The van der Waals surface area contributed by atoms with Gasteiger partial charge in [-0.2, -0.15) is 0 Å². The van der Waals surface area contributed by atoms with Crippen LogP contribution in [-0.4, -0.2) is 30.6 Å². The average molecular weight is 231 g/mol. The van der Waals surface area contributed by atoms with Gasteiger partial charge in [-0.3, -0.25) is 4.90 Å². The zero-order chi connectivity index (χ0) is 9.97. The fourth-order valence-corrected chi connectivity index (χ4v) is 2.68. The average Bonchev–Trinajstić information content (AvgIpc) is 2.56. The molecule has 0 unspecified atom stereocenters. The summed E-state index contributed by atoms with van der Waals surface area (Å²) < 4.78 is 0.891. The molecule has 1 atom stereocenters. The minimum atomic E-state index is 0.627. The second-order valence-corrected chi connectivity index (χ2v) is 5.33. The van der Waals surface area contributed by atoms with E-state index in [-0.39, 0.29) is 0 Å². The van der Waals surface area contributed by atoms with Gasteiger partial charge in [0.2, 0.25) is 0 Å². The summed E-state index contributed by atoms with van der Waals surface area (Å²) in [7, 11) is 0. The maximum Gasteiger partial charge on any atom is 0.0931 e. The Bertz CT molecular complexity index is 300. The molecule has 14 heavy (non-hydrogen) atoms. The van der Waals surface area contributed by atoms with Gasteiger partial charge in [0.25, 0.3) is 0 Å². The normalized spacial score (nSPS) is 24.0. The second-order valence-electron chi connectivity index (χ2n) is 3.78. The van der Waals surface area contributed by atoms with Crippen LogP contribution in [0.3, 0.4) is 0 Å². The summed E-state index contributed by atoms with van der Waals surface area (Å²) >= 11 is 7.52. The fraction of sp³-hybridized carbons (Fsp3) is 0.600. The topological polar surface area (TPSA) is 15.3 Å². The highest BCUT2D eigenvalue weighted by Crippen LogP contribution is 2.21. The van der Waals surface area contributed by atoms with Crippen molar-refractivity contribution in [2.45, 2.75) is 19.5 Å². The smallest absolute Gasteiger partial charge is 0.0931 e. The highest BCUT2D eigenvalue weighted by Gasteiger charge is 2.17. The minimum absolute atomic E-state index is 0.627. The third-order valence-corrected chi connectivity index (χ3v) is 3.79. The Hall–Kier alpha value is -0.0900. The fourth-order valence-electron chi connectivity index (χ4n) is 1.78. The van der Waals surface area contributed by atoms with Crippen molar-refractivity contribution in [3.63, 3.8) is 0 Å². The Balaban J connectivity index is 1.95. The van der Waals surface area contributed by atoms with E-state index in [1.165, 1.54) is 5.56 Å². The Morgan fingerprint density at radius 1 is 1.71 bits per heavy atom. The van der Waals surface area contributed by atoms with Crippen LogP contribution < -0.4 is 5.32 Å². The van der Waals surface area contributed by atoms with Crippen molar-refractivity contribution >= 4 is 22.9 Å². The van der Waals surface area contributed by atoms with E-state index >= 15 is 0 Å². The summed E-state index contributed by atoms with van der Waals surface area (Å²) in [5.74, 6) is 0. The van der Waals surface area contributed by atoms with Crippen molar-refractivity contribution in [2.75, 3.05) is 19.6 Å². The van der Waals surface area contributed by atoms with Crippen LogP contribution in [0.1, 0.15) is 12.5 Å². The number of piperazine rings is 1. The summed E-state index contributed by atoms with van der Waals surface area (Å²) in [5, 5.41) is 5.54. The molecule has 1 aromatic rings. The monoisotopic (exact) mass is 230 g/mol. The largest absolute Gasteiger partial charge is 0.314 e. The van der Waals surface area contributed by atoms with E-state index in [0.717, 1.165) is 30.5 Å². The third-order valence-electron chi connectivity index (χ3n) is 2.65. The molecule has 2 rings (SSSR count). The van der Waals surface area contributed by atoms with Gasteiger partial charge in [0.05, 0.1) is 4.34 Å². The number of hydrogen-bond acceptors (Lipinski definition) is 3. The number of rotatable bonds is 2. The first-order valence-electron chi connectivity index (χ1n) is 4.93. The molecule has 1 aromatic heterocycles. The molecule has 0 saturated carbocycles. The maximum absolute atomic E-state index is 5.90. The van der Waals surface area contributed by atoms with E-state index in [1.807, 2.05) is 0 Å². The molecule has 78 valence electrons. The van der Waals surface area contributed by atoms with Crippen LogP contribution in [0.2, 0.25) is 4.34 Å². The number of halogens is 1. The lowest BCUT2D eigenvalue weighted by molar-refractivity contribution is 0.166. The van der Waals surface area contributed by atoms with Crippen LogP contribution in [-0.2, 0) is 6.54 Å². The van der Waals surface area contributed by atoms with Crippen LogP contribution in [0.15, 0.2) is 11.4 Å². The number of nitrogens with one attached hydrogen (secondary N) is 1. The molecule has 0 aromatic carbocycles. The number of thiophene rings is 1. The molecule has 0 spiro atoms. The summed E-state index contributed by atoms with van der Waals surface area (Å²) in [4.78, 5) is 2.49. The van der Waals surface area contributed by atoms with Gasteiger partial charge in [-0.15, -0.1) is 11.3 Å². The molecular weight excluding hydrogens is 216 g/mol. The first-order chi connectivity index (χ1) is 6.75. The maximum atomic E-state index is 5.90. The van der Waals surface area contributed by atoms with Crippen molar-refractivity contribution in [1.82, 2.24) is 10.2 Å². The van der Waals surface area contributed by atoms with Crippen molar-refractivity contribution in [1.29, 1.82) is 0 Å². The third kappa shape index (κ3) is 2.48. The van der Waals surface area contributed by atoms with Crippen LogP contribution in [0.5, 0.6) is 0 Å². The summed E-state index contributed by atoms with van der Waals surface area (Å²) in [6, 6.07) is 2.70. The van der Waals surface area contributed by atoms with Gasteiger partial charge in [0.15, 0.2) is 0 Å². The first-order valence-corrected chi connectivity index (χ1v) is 6.19. The molecule has 1 aliphatic heterocycles. The van der Waals surface area contributed by atoms with Crippen LogP contribution in [0, 0.1) is 0 Å². The van der Waals surface area contributed by atoms with Gasteiger partial charge >= 0.3 is 0 Å². The van der Waals surface area contributed by atoms with Gasteiger partial charge in [0, 0.05) is 32.2 Å². The summed E-state index contributed by atoms with van der Waals surface area (Å²) in [6.07, 6.45) is 0. The lowest BCUT2D eigenvalue weighted by Gasteiger charge is -2.33. The number of hydrogen-bond donors (Lipinski definition) is 1. The molecular formula is C10H15ClN2S. The quantitative estimate of drug-likeness (QED) is 0.838. The SMILES string of the molecule is C[C@H]1CNCCN1Cc1csc(Cl)c1. The van der Waals surface area contributed by atoms with Gasteiger partial charge < -0.3 is 5.32 Å². The molecule has 1 saturated heterocycles. The van der Waals surface area contributed by atoms with Crippen molar-refractivity contribution in [3.05, 3.63) is 21.3 Å². The molecule has 1 fully saturated rings. The van der Waals surface area contributed by atoms with Crippen molar-refractivity contribution in [3.8, 4) is 0 Å². The zero-order valence-electron chi connectivity index (χ0n) is 8.29. The van der Waals surface area contributed by atoms with Crippen LogP contribution >= 0.6 is 22.9 Å². The highest BCUT2D eigenvalue weighted by molar-refractivity contribution is 7.14. The van der Waals surface area contributed by atoms with E-state index in [0.29, 0.717) is 6.04 Å². The standard InChI is InChI=1S/C10H15ClN2S/c1-8-5-12-2-3-13(8)6-9-4-10(11)14-7-9/h4,7-8,12H,2-3,5-6H2,1H3/t8-/m0/s1. The molecule has 1 aliphatic rings. The van der Waals surface area contributed by atoms with Crippen LogP contribution in [0.25, 0.3) is 0 Å². The van der Waals surface area contributed by atoms with E-state index in [1.54, 1.807) is 11.3 Å².